The molecule has 1 nitrogen and oxygen atoms in total. The third kappa shape index (κ3) is 1.83. The van der Waals surface area contributed by atoms with E-state index in [1.807, 2.05) is 30.3 Å². The smallest absolute Gasteiger partial charge is 0.0426 e. The first kappa shape index (κ1) is 11.1. The van der Waals surface area contributed by atoms with E-state index in [2.05, 4.69) is 24.3 Å². The Bertz CT molecular complexity index is 714. The molecule has 2 N–H and O–H groups in total. The van der Waals surface area contributed by atoms with Gasteiger partial charge in [-0.25, -0.2) is 0 Å². The first-order chi connectivity index (χ1) is 8.75. The molecule has 3 rings (SSSR count). The average Bonchev–Trinajstić information content (AvgIpc) is 2.38. The molecule has 0 unspecified atom stereocenters. The van der Waals surface area contributed by atoms with Crippen LogP contribution in [0.3, 0.4) is 0 Å². The standard InChI is InChI=1S/C16H12ClN/c17-12-8-9-15(16(18)10-12)14-7-3-5-11-4-1-2-6-13(11)14/h1-10H,18H2. The van der Waals surface area contributed by atoms with Crippen LogP contribution in [0.4, 0.5) is 5.69 Å². The van der Waals surface area contributed by atoms with Crippen LogP contribution < -0.4 is 5.73 Å². The van der Waals surface area contributed by atoms with Gasteiger partial charge in [0, 0.05) is 16.3 Å². The minimum Gasteiger partial charge on any atom is -0.398 e. The largest absolute Gasteiger partial charge is 0.398 e. The van der Waals surface area contributed by atoms with Crippen LogP contribution in [0, 0.1) is 0 Å². The number of nitrogens with two attached hydrogens (primary N) is 1. The van der Waals surface area contributed by atoms with Crippen molar-refractivity contribution >= 4 is 28.1 Å². The lowest BCUT2D eigenvalue weighted by Crippen LogP contribution is -1.90. The Morgan fingerprint density at radius 3 is 2.39 bits per heavy atom. The van der Waals surface area contributed by atoms with Crippen LogP contribution in [0.5, 0.6) is 0 Å². The van der Waals surface area contributed by atoms with Crippen LogP contribution in [-0.2, 0) is 0 Å². The van der Waals surface area contributed by atoms with Gasteiger partial charge >= 0.3 is 0 Å². The van der Waals surface area contributed by atoms with Gasteiger partial charge in [0.05, 0.1) is 0 Å². The fraction of sp³-hybridized carbons (Fsp3) is 0. The molecule has 0 aromatic heterocycles. The molecule has 88 valence electrons. The van der Waals surface area contributed by atoms with Crippen LogP contribution in [0.1, 0.15) is 0 Å². The van der Waals surface area contributed by atoms with Gasteiger partial charge in [0.25, 0.3) is 0 Å². The second kappa shape index (κ2) is 4.35. The molecule has 0 spiro atoms. The van der Waals surface area contributed by atoms with E-state index in [1.54, 1.807) is 6.07 Å². The van der Waals surface area contributed by atoms with E-state index >= 15 is 0 Å². The Balaban J connectivity index is 2.31. The lowest BCUT2D eigenvalue weighted by molar-refractivity contribution is 1.64. The van der Waals surface area contributed by atoms with E-state index < -0.39 is 0 Å². The van der Waals surface area contributed by atoms with Gasteiger partial charge < -0.3 is 5.73 Å². The summed E-state index contributed by atoms with van der Waals surface area (Å²) in [6.07, 6.45) is 0. The molecule has 18 heavy (non-hydrogen) atoms. The van der Waals surface area contributed by atoms with Gasteiger partial charge in [-0.15, -0.1) is 0 Å². The fourth-order valence-electron chi connectivity index (χ4n) is 2.24. The SMILES string of the molecule is Nc1cc(Cl)ccc1-c1cccc2ccccc12. The van der Waals surface area contributed by atoms with Crippen LogP contribution in [0.15, 0.2) is 60.7 Å². The molecule has 0 aliphatic heterocycles. The van der Waals surface area contributed by atoms with E-state index in [4.69, 9.17) is 17.3 Å². The molecular weight excluding hydrogens is 242 g/mol. The summed E-state index contributed by atoms with van der Waals surface area (Å²) >= 11 is 5.94. The summed E-state index contributed by atoms with van der Waals surface area (Å²) in [5, 5.41) is 3.08. The number of fused-ring (bicyclic) bond motifs is 1. The van der Waals surface area contributed by atoms with Crippen molar-refractivity contribution in [2.45, 2.75) is 0 Å². The van der Waals surface area contributed by atoms with E-state index in [-0.39, 0.29) is 0 Å². The molecule has 0 aliphatic carbocycles. The summed E-state index contributed by atoms with van der Waals surface area (Å²) < 4.78 is 0. The zero-order valence-electron chi connectivity index (χ0n) is 9.73. The maximum Gasteiger partial charge on any atom is 0.0426 e. The molecule has 0 fully saturated rings. The normalized spacial score (nSPS) is 10.7. The minimum absolute atomic E-state index is 0.663. The van der Waals surface area contributed by atoms with Gasteiger partial charge in [-0.05, 0) is 28.5 Å². The van der Waals surface area contributed by atoms with E-state index in [9.17, 15) is 0 Å². The molecular formula is C16H12ClN. The molecule has 0 aliphatic rings. The number of halogens is 1. The van der Waals surface area contributed by atoms with Crippen molar-refractivity contribution in [1.29, 1.82) is 0 Å². The van der Waals surface area contributed by atoms with Crippen LogP contribution in [0.2, 0.25) is 5.02 Å². The molecule has 0 saturated heterocycles. The zero-order chi connectivity index (χ0) is 12.5. The quantitative estimate of drug-likeness (QED) is 0.623. The van der Waals surface area contributed by atoms with Gasteiger partial charge in [-0.2, -0.15) is 0 Å². The Morgan fingerprint density at radius 2 is 1.56 bits per heavy atom. The lowest BCUT2D eigenvalue weighted by Gasteiger charge is -2.09. The number of hydrogen-bond acceptors (Lipinski definition) is 1. The first-order valence-corrected chi connectivity index (χ1v) is 6.17. The Hall–Kier alpha value is -1.99. The first-order valence-electron chi connectivity index (χ1n) is 5.79. The number of rotatable bonds is 1. The minimum atomic E-state index is 0.663. The molecule has 2 heteroatoms. The Labute approximate surface area is 111 Å². The van der Waals surface area contributed by atoms with E-state index in [0.29, 0.717) is 10.7 Å². The summed E-state index contributed by atoms with van der Waals surface area (Å²) in [6.45, 7) is 0. The fourth-order valence-corrected chi connectivity index (χ4v) is 2.42. The molecule has 0 bridgehead atoms. The lowest BCUT2D eigenvalue weighted by atomic mass is 9.97. The molecule has 0 saturated carbocycles. The van der Waals surface area contributed by atoms with Crippen molar-refractivity contribution < 1.29 is 0 Å². The zero-order valence-corrected chi connectivity index (χ0v) is 10.5. The van der Waals surface area contributed by atoms with Crippen molar-refractivity contribution in [3.8, 4) is 11.1 Å². The third-order valence-electron chi connectivity index (χ3n) is 3.09. The number of benzene rings is 3. The summed E-state index contributed by atoms with van der Waals surface area (Å²) in [4.78, 5) is 0. The van der Waals surface area contributed by atoms with Crippen LogP contribution in [0.25, 0.3) is 21.9 Å². The van der Waals surface area contributed by atoms with Gasteiger partial charge in [0.15, 0.2) is 0 Å². The van der Waals surface area contributed by atoms with Crippen LogP contribution >= 0.6 is 11.6 Å². The monoisotopic (exact) mass is 253 g/mol. The third-order valence-corrected chi connectivity index (χ3v) is 3.33. The molecule has 3 aromatic carbocycles. The highest BCUT2D eigenvalue weighted by molar-refractivity contribution is 6.31. The van der Waals surface area contributed by atoms with Crippen molar-refractivity contribution in [3.63, 3.8) is 0 Å². The summed E-state index contributed by atoms with van der Waals surface area (Å²) in [7, 11) is 0. The van der Waals surface area contributed by atoms with E-state index in [0.717, 1.165) is 11.1 Å². The maximum absolute atomic E-state index is 6.06. The highest BCUT2D eigenvalue weighted by Gasteiger charge is 2.06. The second-order valence-electron chi connectivity index (χ2n) is 4.26. The number of hydrogen-bond donors (Lipinski definition) is 1. The van der Waals surface area contributed by atoms with E-state index in [1.165, 1.54) is 10.8 Å². The summed E-state index contributed by atoms with van der Waals surface area (Å²) in [6, 6.07) is 20.2. The predicted molar refractivity (Wildman–Crippen MR) is 78.8 cm³/mol. The highest BCUT2D eigenvalue weighted by atomic mass is 35.5. The predicted octanol–water partition coefficient (Wildman–Crippen LogP) is 4.74. The summed E-state index contributed by atoms with van der Waals surface area (Å²) in [5.74, 6) is 0. The molecule has 3 aromatic rings. The van der Waals surface area contributed by atoms with Gasteiger partial charge in [-0.1, -0.05) is 60.1 Å². The molecule has 0 atom stereocenters. The van der Waals surface area contributed by atoms with Crippen molar-refractivity contribution in [2.24, 2.45) is 0 Å². The molecule has 0 radical (unpaired) electrons. The van der Waals surface area contributed by atoms with Crippen molar-refractivity contribution in [2.75, 3.05) is 5.73 Å². The van der Waals surface area contributed by atoms with Gasteiger partial charge in [0.1, 0.15) is 0 Å². The molecule has 0 amide bonds. The number of nitrogen functional groups attached to an aromatic ring is 1. The molecule has 0 heterocycles. The Kier molecular flexibility index (Phi) is 2.69. The van der Waals surface area contributed by atoms with Crippen molar-refractivity contribution in [3.05, 3.63) is 65.7 Å². The summed E-state index contributed by atoms with van der Waals surface area (Å²) in [5.41, 5.74) is 8.93. The highest BCUT2D eigenvalue weighted by Crippen LogP contribution is 2.33. The Morgan fingerprint density at radius 1 is 0.778 bits per heavy atom. The van der Waals surface area contributed by atoms with Crippen molar-refractivity contribution in [1.82, 2.24) is 0 Å². The number of anilines is 1. The average molecular weight is 254 g/mol. The van der Waals surface area contributed by atoms with Gasteiger partial charge in [-0.3, -0.25) is 0 Å². The van der Waals surface area contributed by atoms with Gasteiger partial charge in [0.2, 0.25) is 0 Å². The topological polar surface area (TPSA) is 26.0 Å². The maximum atomic E-state index is 6.06. The van der Waals surface area contributed by atoms with Crippen LogP contribution in [-0.4, -0.2) is 0 Å². The second-order valence-corrected chi connectivity index (χ2v) is 4.69.